The minimum atomic E-state index is 0.221. The number of nitrogens with two attached hydrogens (primary N) is 1. The number of hydrazone groups is 1. The molecule has 0 saturated carbocycles. The molecule has 1 saturated heterocycles. The zero-order valence-corrected chi connectivity index (χ0v) is 26.0. The van der Waals surface area contributed by atoms with Gasteiger partial charge in [0.2, 0.25) is 0 Å². The number of rotatable bonds is 5. The van der Waals surface area contributed by atoms with E-state index in [-0.39, 0.29) is 6.04 Å². The first-order chi connectivity index (χ1) is 20.4. The van der Waals surface area contributed by atoms with Crippen molar-refractivity contribution in [2.45, 2.75) is 60.2 Å². The van der Waals surface area contributed by atoms with Crippen molar-refractivity contribution in [3.8, 4) is 0 Å². The minimum Gasteiger partial charge on any atom is -0.382 e. The Morgan fingerprint density at radius 2 is 1.69 bits per heavy atom. The molecule has 0 spiro atoms. The largest absolute Gasteiger partial charge is 0.382 e. The molecule has 3 aliphatic rings. The molecule has 0 aliphatic carbocycles. The highest BCUT2D eigenvalue weighted by molar-refractivity contribution is 6.02. The van der Waals surface area contributed by atoms with E-state index in [1.165, 1.54) is 34.2 Å². The number of aliphatic imine (C=N–C) groups is 1. The van der Waals surface area contributed by atoms with Crippen molar-refractivity contribution in [2.24, 2.45) is 15.8 Å². The molecule has 1 atom stereocenters. The average molecular weight is 569 g/mol. The van der Waals surface area contributed by atoms with Crippen LogP contribution in [0.25, 0.3) is 0 Å². The zero-order valence-electron chi connectivity index (χ0n) is 26.0. The number of benzene rings is 2. The number of aryl methyl sites for hydroxylation is 1. The van der Waals surface area contributed by atoms with Crippen molar-refractivity contribution in [1.29, 1.82) is 0 Å². The van der Waals surface area contributed by atoms with Crippen LogP contribution in [0.3, 0.4) is 0 Å². The Hall–Kier alpha value is -4.01. The predicted octanol–water partition coefficient (Wildman–Crippen LogP) is 5.89. The standard InChI is InChI=1S/C17H22N6.C11H12N2.C4H8.C2H6/c18-17-16-5-4-15(23(16)21-12-20-17)14-3-1-2-13(10-14)11-22-8-6-19-7-9-22;1-10-7-12-13(8-10)9-11-5-3-2-4-6-11;1-4(2)3;1-2/h1-3,5,10,12,15,19H,4,6-9,11H2,(H2,18,20,21);2-8H,9H2,1H3;1H2,2-3H3;1-2H3. The molecular formula is C34H48N8. The maximum absolute atomic E-state index is 5.95. The smallest absolute Gasteiger partial charge is 0.150 e. The van der Waals surface area contributed by atoms with Crippen LogP contribution >= 0.6 is 0 Å². The fraction of sp³-hybridized carbons (Fsp3) is 0.382. The van der Waals surface area contributed by atoms with Gasteiger partial charge in [-0.05, 0) is 49.4 Å². The van der Waals surface area contributed by atoms with Gasteiger partial charge in [-0.1, -0.05) is 80.1 Å². The quantitative estimate of drug-likeness (QED) is 0.375. The average Bonchev–Trinajstić information content (AvgIpc) is 3.62. The molecule has 6 rings (SSSR count). The zero-order chi connectivity index (χ0) is 30.3. The number of nitrogens with one attached hydrogen (secondary N) is 1. The predicted molar refractivity (Wildman–Crippen MR) is 176 cm³/mol. The van der Waals surface area contributed by atoms with Gasteiger partial charge >= 0.3 is 0 Å². The molecule has 3 aliphatic heterocycles. The van der Waals surface area contributed by atoms with E-state index in [1.807, 2.05) is 68.0 Å². The van der Waals surface area contributed by atoms with Crippen LogP contribution in [0.1, 0.15) is 62.4 Å². The molecule has 2 aromatic carbocycles. The summed E-state index contributed by atoms with van der Waals surface area (Å²) >= 11 is 0. The first-order valence-electron chi connectivity index (χ1n) is 14.9. The summed E-state index contributed by atoms with van der Waals surface area (Å²) in [6.45, 7) is 19.8. The summed E-state index contributed by atoms with van der Waals surface area (Å²) in [5.74, 6) is 0.555. The van der Waals surface area contributed by atoms with Gasteiger partial charge in [0, 0.05) is 38.9 Å². The fourth-order valence-electron chi connectivity index (χ4n) is 4.79. The van der Waals surface area contributed by atoms with Gasteiger partial charge in [0.15, 0.2) is 5.84 Å². The number of hydrogen-bond acceptors (Lipinski definition) is 7. The van der Waals surface area contributed by atoms with E-state index in [2.05, 4.69) is 81.4 Å². The fourth-order valence-corrected chi connectivity index (χ4v) is 4.79. The SMILES string of the molecule is C=C(C)C.CC.Cc1cnn(Cc2ccccc2)c1.NC1=NC=NN2C1=CCC2c1cccc(CN2CCNCC2)c1. The summed E-state index contributed by atoms with van der Waals surface area (Å²) in [4.78, 5) is 6.57. The molecule has 0 amide bonds. The summed E-state index contributed by atoms with van der Waals surface area (Å²) in [6.07, 6.45) is 8.51. The summed E-state index contributed by atoms with van der Waals surface area (Å²) in [6, 6.07) is 19.4. The normalized spacial score (nSPS) is 17.3. The maximum Gasteiger partial charge on any atom is 0.150 e. The first-order valence-corrected chi connectivity index (χ1v) is 14.9. The molecule has 42 heavy (non-hydrogen) atoms. The molecular weight excluding hydrogens is 520 g/mol. The van der Waals surface area contributed by atoms with Crippen LogP contribution in [0.15, 0.2) is 101 Å². The second-order valence-corrected chi connectivity index (χ2v) is 10.6. The molecule has 0 radical (unpaired) electrons. The first kappa shape index (κ1) is 32.5. The molecule has 1 unspecified atom stereocenters. The van der Waals surface area contributed by atoms with Crippen LogP contribution in [0.5, 0.6) is 0 Å². The Kier molecular flexibility index (Phi) is 13.2. The van der Waals surface area contributed by atoms with Crippen LogP contribution in [-0.2, 0) is 13.1 Å². The monoisotopic (exact) mass is 568 g/mol. The van der Waals surface area contributed by atoms with Gasteiger partial charge in [-0.25, -0.2) is 4.99 Å². The molecule has 8 heteroatoms. The lowest BCUT2D eigenvalue weighted by Crippen LogP contribution is -2.42. The molecule has 4 heterocycles. The van der Waals surface area contributed by atoms with E-state index in [0.717, 1.165) is 51.4 Å². The van der Waals surface area contributed by atoms with Crippen molar-refractivity contribution in [2.75, 3.05) is 26.2 Å². The van der Waals surface area contributed by atoms with E-state index >= 15 is 0 Å². The van der Waals surface area contributed by atoms with Gasteiger partial charge < -0.3 is 11.1 Å². The van der Waals surface area contributed by atoms with Crippen molar-refractivity contribution < 1.29 is 0 Å². The lowest BCUT2D eigenvalue weighted by atomic mass is 10.0. The van der Waals surface area contributed by atoms with Gasteiger partial charge in [-0.2, -0.15) is 10.2 Å². The highest BCUT2D eigenvalue weighted by Gasteiger charge is 2.30. The third-order valence-corrected chi connectivity index (χ3v) is 6.61. The number of fused-ring (bicyclic) bond motifs is 1. The van der Waals surface area contributed by atoms with Crippen molar-refractivity contribution in [3.05, 3.63) is 113 Å². The van der Waals surface area contributed by atoms with Crippen LogP contribution in [0, 0.1) is 6.92 Å². The van der Waals surface area contributed by atoms with Crippen molar-refractivity contribution >= 4 is 12.2 Å². The number of piperazine rings is 1. The summed E-state index contributed by atoms with van der Waals surface area (Å²) in [5.41, 5.74) is 13.2. The van der Waals surface area contributed by atoms with E-state index in [9.17, 15) is 0 Å². The molecule has 3 N–H and O–H groups in total. The number of allylic oxidation sites excluding steroid dienone is 1. The highest BCUT2D eigenvalue weighted by atomic mass is 15.5. The Morgan fingerprint density at radius 3 is 2.36 bits per heavy atom. The van der Waals surface area contributed by atoms with Gasteiger partial charge in [-0.15, -0.1) is 6.58 Å². The Balaban J connectivity index is 0.000000215. The molecule has 0 bridgehead atoms. The molecule has 3 aromatic rings. The second kappa shape index (κ2) is 17.1. The maximum atomic E-state index is 5.95. The lowest BCUT2D eigenvalue weighted by Gasteiger charge is -2.28. The van der Waals surface area contributed by atoms with Crippen LogP contribution in [-0.4, -0.2) is 58.0 Å². The van der Waals surface area contributed by atoms with Gasteiger partial charge in [0.1, 0.15) is 6.34 Å². The topological polar surface area (TPSA) is 87.1 Å². The summed E-state index contributed by atoms with van der Waals surface area (Å²) in [5, 5.41) is 14.0. The van der Waals surface area contributed by atoms with Gasteiger partial charge in [-0.3, -0.25) is 14.6 Å². The number of amidine groups is 1. The van der Waals surface area contributed by atoms with Crippen molar-refractivity contribution in [3.63, 3.8) is 0 Å². The van der Waals surface area contributed by atoms with E-state index in [4.69, 9.17) is 5.73 Å². The lowest BCUT2D eigenvalue weighted by molar-refractivity contribution is 0.233. The van der Waals surface area contributed by atoms with Crippen LogP contribution in [0.2, 0.25) is 0 Å². The molecule has 224 valence electrons. The third kappa shape index (κ3) is 10.1. The van der Waals surface area contributed by atoms with Gasteiger partial charge in [0.25, 0.3) is 0 Å². The second-order valence-electron chi connectivity index (χ2n) is 10.6. The van der Waals surface area contributed by atoms with E-state index in [0.29, 0.717) is 5.84 Å². The van der Waals surface area contributed by atoms with Crippen molar-refractivity contribution in [1.82, 2.24) is 25.0 Å². The Labute approximate surface area is 252 Å². The third-order valence-electron chi connectivity index (χ3n) is 6.61. The number of hydrogen-bond donors (Lipinski definition) is 2. The van der Waals surface area contributed by atoms with E-state index in [1.54, 1.807) is 0 Å². The van der Waals surface area contributed by atoms with Crippen LogP contribution < -0.4 is 11.1 Å². The van der Waals surface area contributed by atoms with Gasteiger partial charge in [0.05, 0.1) is 24.5 Å². The van der Waals surface area contributed by atoms with E-state index < -0.39 is 0 Å². The molecule has 1 fully saturated rings. The number of nitrogens with zero attached hydrogens (tertiary/aromatic N) is 6. The Bertz CT molecular complexity index is 1330. The number of aromatic nitrogens is 2. The Morgan fingerprint density at radius 1 is 1.00 bits per heavy atom. The highest BCUT2D eigenvalue weighted by Crippen LogP contribution is 2.36. The summed E-state index contributed by atoms with van der Waals surface area (Å²) in [7, 11) is 0. The van der Waals surface area contributed by atoms with Crippen LogP contribution in [0.4, 0.5) is 0 Å². The summed E-state index contributed by atoms with van der Waals surface area (Å²) < 4.78 is 1.95. The minimum absolute atomic E-state index is 0.221. The molecule has 8 nitrogen and oxygen atoms in total. The molecule has 1 aromatic heterocycles.